The highest BCUT2D eigenvalue weighted by Gasteiger charge is 2.41. The number of carbonyl (C=O) groups is 1. The number of amides is 1. The lowest BCUT2D eigenvalue weighted by molar-refractivity contribution is -0.131. The molecule has 3 aromatic rings. The average Bonchev–Trinajstić information content (AvgIpc) is 3.44. The van der Waals surface area contributed by atoms with Crippen molar-refractivity contribution in [2.75, 3.05) is 18.5 Å². The first-order chi connectivity index (χ1) is 16.5. The van der Waals surface area contributed by atoms with E-state index in [9.17, 15) is 9.90 Å². The Morgan fingerprint density at radius 1 is 1.24 bits per heavy atom. The van der Waals surface area contributed by atoms with Crippen molar-refractivity contribution < 1.29 is 9.90 Å². The maximum absolute atomic E-state index is 12.6. The summed E-state index contributed by atoms with van der Waals surface area (Å²) in [5, 5.41) is 26.1. The van der Waals surface area contributed by atoms with Gasteiger partial charge >= 0.3 is 0 Å². The summed E-state index contributed by atoms with van der Waals surface area (Å²) in [6.45, 7) is 2.50. The molecular formula is C25H29N7O2. The van der Waals surface area contributed by atoms with Gasteiger partial charge in [-0.05, 0) is 49.6 Å². The van der Waals surface area contributed by atoms with Crippen molar-refractivity contribution >= 4 is 11.7 Å². The molecule has 2 atom stereocenters. The Morgan fingerprint density at radius 2 is 2.09 bits per heavy atom. The predicted molar refractivity (Wildman–Crippen MR) is 130 cm³/mol. The van der Waals surface area contributed by atoms with Crippen LogP contribution in [0.5, 0.6) is 5.75 Å². The van der Waals surface area contributed by atoms with Gasteiger partial charge in [0, 0.05) is 61.5 Å². The van der Waals surface area contributed by atoms with Gasteiger partial charge < -0.3 is 20.6 Å². The highest BCUT2D eigenvalue weighted by Crippen LogP contribution is 2.41. The molecular weight excluding hydrogens is 430 g/mol. The van der Waals surface area contributed by atoms with E-state index in [0.29, 0.717) is 24.2 Å². The summed E-state index contributed by atoms with van der Waals surface area (Å²) in [6, 6.07) is 9.70. The van der Waals surface area contributed by atoms with Crippen LogP contribution < -0.4 is 10.6 Å². The Kier molecular flexibility index (Phi) is 5.79. The summed E-state index contributed by atoms with van der Waals surface area (Å²) in [6.07, 6.45) is 6.48. The predicted octanol–water partition coefficient (Wildman–Crippen LogP) is 3.06. The highest BCUT2D eigenvalue weighted by molar-refractivity contribution is 5.80. The van der Waals surface area contributed by atoms with Gasteiger partial charge in [0.05, 0.1) is 11.9 Å². The first kappa shape index (κ1) is 22.1. The van der Waals surface area contributed by atoms with Crippen molar-refractivity contribution in [1.82, 2.24) is 25.3 Å². The van der Waals surface area contributed by atoms with Crippen LogP contribution >= 0.6 is 0 Å². The third-order valence-electron chi connectivity index (χ3n) is 6.96. The Balaban J connectivity index is 1.31. The van der Waals surface area contributed by atoms with Crippen molar-refractivity contribution in [2.45, 2.75) is 44.7 Å². The van der Waals surface area contributed by atoms with Gasteiger partial charge in [-0.1, -0.05) is 11.6 Å². The van der Waals surface area contributed by atoms with Crippen LogP contribution in [0.25, 0.3) is 22.4 Å². The van der Waals surface area contributed by atoms with Gasteiger partial charge in [0.15, 0.2) is 5.82 Å². The molecule has 1 fully saturated rings. The van der Waals surface area contributed by atoms with Crippen LogP contribution in [0.1, 0.15) is 32.6 Å². The molecule has 1 saturated heterocycles. The number of carbonyl (C=O) groups excluding carboxylic acids is 1. The lowest BCUT2D eigenvalue weighted by atomic mass is 9.96. The number of aromatic nitrogens is 4. The standard InChI is InChI=1S/C25H29N7O2/c1-15-9-19-11-18(12-22(15)32(19)25(34)7-8-26)31(2)24-6-5-21(29-30-24)20-4-3-16(10-23(20)33)17-13-27-28-14-17/h3-6,10,13-14,18-19,33H,7-9,11-12,26H2,1-2H3,(H,27,28)/t18-,19+/m1/s1. The zero-order valence-electron chi connectivity index (χ0n) is 19.4. The number of anilines is 1. The van der Waals surface area contributed by atoms with Gasteiger partial charge in [-0.2, -0.15) is 5.10 Å². The zero-order chi connectivity index (χ0) is 23.8. The van der Waals surface area contributed by atoms with Crippen LogP contribution in [-0.2, 0) is 4.79 Å². The minimum atomic E-state index is 0.128. The normalized spacial score (nSPS) is 19.6. The molecule has 2 aliphatic heterocycles. The Labute approximate surface area is 198 Å². The molecule has 1 aromatic carbocycles. The van der Waals surface area contributed by atoms with Crippen molar-refractivity contribution in [3.05, 3.63) is 54.0 Å². The van der Waals surface area contributed by atoms with E-state index < -0.39 is 0 Å². The van der Waals surface area contributed by atoms with Gasteiger partial charge in [-0.3, -0.25) is 9.89 Å². The number of nitrogens with two attached hydrogens (primary N) is 1. The molecule has 0 spiro atoms. The number of nitrogens with zero attached hydrogens (tertiary/aromatic N) is 5. The molecule has 34 heavy (non-hydrogen) atoms. The molecule has 0 radical (unpaired) electrons. The lowest BCUT2D eigenvalue weighted by Gasteiger charge is -2.40. The molecule has 0 unspecified atom stereocenters. The summed E-state index contributed by atoms with van der Waals surface area (Å²) < 4.78 is 0. The fourth-order valence-electron chi connectivity index (χ4n) is 5.14. The number of aromatic amines is 1. The second-order valence-corrected chi connectivity index (χ2v) is 9.09. The zero-order valence-corrected chi connectivity index (χ0v) is 19.4. The average molecular weight is 460 g/mol. The molecule has 0 saturated carbocycles. The number of H-pyrrole nitrogens is 1. The summed E-state index contributed by atoms with van der Waals surface area (Å²) >= 11 is 0. The molecule has 0 aliphatic carbocycles. The number of phenolic OH excluding ortho intramolecular Hbond substituents is 1. The van der Waals surface area contributed by atoms with E-state index in [1.54, 1.807) is 18.5 Å². The first-order valence-electron chi connectivity index (χ1n) is 11.6. The number of rotatable bonds is 6. The Hall–Kier alpha value is -3.72. The van der Waals surface area contributed by atoms with Crippen molar-refractivity contribution in [3.63, 3.8) is 0 Å². The Bertz CT molecular complexity index is 1220. The van der Waals surface area contributed by atoms with Crippen LogP contribution in [0.4, 0.5) is 5.82 Å². The molecule has 9 heteroatoms. The van der Waals surface area contributed by atoms with Crippen molar-refractivity contribution in [1.29, 1.82) is 0 Å². The largest absolute Gasteiger partial charge is 0.507 e. The number of benzene rings is 1. The van der Waals surface area contributed by atoms with Gasteiger partial charge in [-0.25, -0.2) is 0 Å². The second-order valence-electron chi connectivity index (χ2n) is 9.09. The number of aromatic hydroxyl groups is 1. The molecule has 4 N–H and O–H groups in total. The number of hydrogen-bond donors (Lipinski definition) is 3. The topological polar surface area (TPSA) is 124 Å². The van der Waals surface area contributed by atoms with Crippen LogP contribution in [0.15, 0.2) is 54.0 Å². The quantitative estimate of drug-likeness (QED) is 0.517. The number of hydrogen-bond acceptors (Lipinski definition) is 7. The van der Waals surface area contributed by atoms with Gasteiger partial charge in [0.25, 0.3) is 0 Å². The smallest absolute Gasteiger partial charge is 0.228 e. The third kappa shape index (κ3) is 3.92. The summed E-state index contributed by atoms with van der Waals surface area (Å²) in [5.74, 6) is 1.04. The molecule has 2 aliphatic rings. The summed E-state index contributed by atoms with van der Waals surface area (Å²) in [7, 11) is 2.03. The molecule has 4 heterocycles. The number of nitrogens with one attached hydrogen (secondary N) is 1. The molecule has 2 aromatic heterocycles. The van der Waals surface area contributed by atoms with E-state index in [1.807, 2.05) is 36.2 Å². The van der Waals surface area contributed by atoms with Gasteiger partial charge in [0.2, 0.25) is 5.91 Å². The van der Waals surface area contributed by atoms with Crippen LogP contribution in [0.2, 0.25) is 0 Å². The van der Waals surface area contributed by atoms with E-state index in [0.717, 1.165) is 41.9 Å². The maximum Gasteiger partial charge on any atom is 0.228 e. The minimum Gasteiger partial charge on any atom is -0.507 e. The number of phenols is 1. The van der Waals surface area contributed by atoms with Crippen molar-refractivity contribution in [3.8, 4) is 28.1 Å². The van der Waals surface area contributed by atoms with Crippen LogP contribution in [0, 0.1) is 0 Å². The van der Waals surface area contributed by atoms with E-state index in [-0.39, 0.29) is 23.7 Å². The van der Waals surface area contributed by atoms with E-state index in [4.69, 9.17) is 5.73 Å². The first-order valence-corrected chi connectivity index (χ1v) is 11.6. The third-order valence-corrected chi connectivity index (χ3v) is 6.96. The van der Waals surface area contributed by atoms with E-state index in [1.165, 1.54) is 5.57 Å². The second kappa shape index (κ2) is 8.90. The highest BCUT2D eigenvalue weighted by atomic mass is 16.3. The van der Waals surface area contributed by atoms with E-state index in [2.05, 4.69) is 32.2 Å². The minimum absolute atomic E-state index is 0.128. The lowest BCUT2D eigenvalue weighted by Crippen LogP contribution is -2.48. The van der Waals surface area contributed by atoms with Gasteiger partial charge in [-0.15, -0.1) is 10.2 Å². The summed E-state index contributed by atoms with van der Waals surface area (Å²) in [5.41, 5.74) is 11.1. The van der Waals surface area contributed by atoms with Crippen molar-refractivity contribution in [2.24, 2.45) is 5.73 Å². The monoisotopic (exact) mass is 459 g/mol. The fraction of sp³-hybridized carbons (Fsp3) is 0.360. The van der Waals surface area contributed by atoms with Crippen LogP contribution in [0.3, 0.4) is 0 Å². The SMILES string of the molecule is CC1=C2C[C@H](N(C)c3ccc(-c4ccc(-c5cn[nH]c5)cc4O)nn3)C[C@H](C1)N2C(=O)CCN. The molecule has 5 rings (SSSR count). The maximum atomic E-state index is 12.6. The molecule has 9 nitrogen and oxygen atoms in total. The van der Waals surface area contributed by atoms with Gasteiger partial charge in [0.1, 0.15) is 5.75 Å². The number of piperidine rings is 1. The van der Waals surface area contributed by atoms with Crippen LogP contribution in [-0.4, -0.2) is 62.0 Å². The molecule has 2 bridgehead atoms. The van der Waals surface area contributed by atoms with E-state index >= 15 is 0 Å². The summed E-state index contributed by atoms with van der Waals surface area (Å²) in [4.78, 5) is 16.7. The molecule has 176 valence electrons. The number of fused-ring (bicyclic) bond motifs is 2. The molecule has 1 amide bonds. The Morgan fingerprint density at radius 3 is 2.74 bits per heavy atom. The fourth-order valence-corrected chi connectivity index (χ4v) is 5.14.